The molecule has 1 unspecified atom stereocenters. The average molecular weight is 263 g/mol. The molecule has 0 saturated carbocycles. The van der Waals surface area contributed by atoms with E-state index in [1.165, 1.54) is 15.6 Å². The van der Waals surface area contributed by atoms with Crippen molar-refractivity contribution < 1.29 is 4.39 Å². The number of nitrogens with one attached hydrogen (secondary N) is 1. The van der Waals surface area contributed by atoms with Crippen LogP contribution < -0.4 is 5.32 Å². The van der Waals surface area contributed by atoms with Crippen LogP contribution in [-0.2, 0) is 6.42 Å². The van der Waals surface area contributed by atoms with Gasteiger partial charge in [0.05, 0.1) is 0 Å². The fraction of sp³-hybridized carbons (Fsp3) is 0.467. The lowest BCUT2D eigenvalue weighted by molar-refractivity contribution is 0.145. The van der Waals surface area contributed by atoms with E-state index in [1.807, 2.05) is 12.1 Å². The van der Waals surface area contributed by atoms with Crippen LogP contribution in [0.15, 0.2) is 29.6 Å². The van der Waals surface area contributed by atoms with Gasteiger partial charge in [-0.05, 0) is 54.7 Å². The van der Waals surface area contributed by atoms with Crippen molar-refractivity contribution in [2.24, 2.45) is 0 Å². The minimum atomic E-state index is -1.02. The largest absolute Gasteiger partial charge is 0.317 e. The lowest BCUT2D eigenvalue weighted by atomic mass is 9.89. The van der Waals surface area contributed by atoms with Crippen molar-refractivity contribution in [2.75, 3.05) is 13.1 Å². The highest BCUT2D eigenvalue weighted by Crippen LogP contribution is 2.34. The van der Waals surface area contributed by atoms with Crippen molar-refractivity contribution in [1.29, 1.82) is 0 Å². The van der Waals surface area contributed by atoms with Crippen molar-refractivity contribution in [3.8, 4) is 0 Å². The van der Waals surface area contributed by atoms with Gasteiger partial charge in [0, 0.05) is 11.1 Å². The molecule has 0 spiro atoms. The standard InChI is InChI=1S/C15H18FNS/c16-15(6-3-8-17-9-7-15)10-12-11-18-14-5-2-1-4-13(12)14/h1-2,4-5,11,17H,3,6-10H2. The molecule has 3 rings (SSSR count). The molecular weight excluding hydrogens is 245 g/mol. The van der Waals surface area contributed by atoms with E-state index in [2.05, 4.69) is 22.8 Å². The molecule has 1 aromatic heterocycles. The molecule has 2 aromatic rings. The maximum absolute atomic E-state index is 14.9. The Bertz CT molecular complexity index is 526. The van der Waals surface area contributed by atoms with Gasteiger partial charge >= 0.3 is 0 Å². The number of thiophene rings is 1. The van der Waals surface area contributed by atoms with Gasteiger partial charge in [-0.2, -0.15) is 0 Å². The quantitative estimate of drug-likeness (QED) is 0.865. The summed E-state index contributed by atoms with van der Waals surface area (Å²) in [6.07, 6.45) is 2.83. The van der Waals surface area contributed by atoms with Crippen LogP contribution in [0.25, 0.3) is 10.1 Å². The predicted molar refractivity (Wildman–Crippen MR) is 76.1 cm³/mol. The SMILES string of the molecule is FC1(Cc2csc3ccccc23)CCCNCC1. The molecule has 1 saturated heterocycles. The Labute approximate surface area is 111 Å². The molecule has 1 aliphatic rings. The van der Waals surface area contributed by atoms with Gasteiger partial charge in [0.2, 0.25) is 0 Å². The fourth-order valence-electron chi connectivity index (χ4n) is 2.78. The Kier molecular flexibility index (Phi) is 3.35. The molecule has 0 aliphatic carbocycles. The summed E-state index contributed by atoms with van der Waals surface area (Å²) in [6.45, 7) is 1.76. The van der Waals surface area contributed by atoms with E-state index in [4.69, 9.17) is 0 Å². The Balaban J connectivity index is 1.86. The van der Waals surface area contributed by atoms with Gasteiger partial charge in [-0.15, -0.1) is 11.3 Å². The average Bonchev–Trinajstić information content (AvgIpc) is 2.64. The zero-order chi connectivity index (χ0) is 12.4. The van der Waals surface area contributed by atoms with Crippen molar-refractivity contribution in [3.63, 3.8) is 0 Å². The summed E-state index contributed by atoms with van der Waals surface area (Å²) in [7, 11) is 0. The van der Waals surface area contributed by atoms with Gasteiger partial charge in [0.1, 0.15) is 5.67 Å². The number of alkyl halides is 1. The summed E-state index contributed by atoms with van der Waals surface area (Å²) >= 11 is 1.72. The highest BCUT2D eigenvalue weighted by molar-refractivity contribution is 7.17. The van der Waals surface area contributed by atoms with Crippen molar-refractivity contribution in [2.45, 2.75) is 31.4 Å². The smallest absolute Gasteiger partial charge is 0.116 e. The number of halogens is 1. The third kappa shape index (κ3) is 2.43. The van der Waals surface area contributed by atoms with Crippen molar-refractivity contribution in [3.05, 3.63) is 35.2 Å². The summed E-state index contributed by atoms with van der Waals surface area (Å²) in [5, 5.41) is 6.64. The van der Waals surface area contributed by atoms with E-state index >= 15 is 0 Å². The van der Waals surface area contributed by atoms with Gasteiger partial charge in [0.15, 0.2) is 0 Å². The molecular formula is C15H18FNS. The molecule has 1 N–H and O–H groups in total. The Morgan fingerprint density at radius 2 is 2.11 bits per heavy atom. The number of fused-ring (bicyclic) bond motifs is 1. The van der Waals surface area contributed by atoms with Gasteiger partial charge in [-0.1, -0.05) is 18.2 Å². The Morgan fingerprint density at radius 3 is 3.06 bits per heavy atom. The fourth-order valence-corrected chi connectivity index (χ4v) is 3.74. The second kappa shape index (κ2) is 4.98. The third-order valence-electron chi connectivity index (χ3n) is 3.80. The molecule has 1 atom stereocenters. The lowest BCUT2D eigenvalue weighted by Crippen LogP contribution is -2.27. The first-order valence-electron chi connectivity index (χ1n) is 6.62. The Morgan fingerprint density at radius 1 is 1.22 bits per heavy atom. The first-order chi connectivity index (χ1) is 8.77. The number of rotatable bonds is 2. The van der Waals surface area contributed by atoms with Gasteiger partial charge in [-0.25, -0.2) is 4.39 Å². The number of hydrogen-bond donors (Lipinski definition) is 1. The molecule has 18 heavy (non-hydrogen) atoms. The van der Waals surface area contributed by atoms with Crippen LogP contribution in [0, 0.1) is 0 Å². The van der Waals surface area contributed by atoms with Crippen LogP contribution in [-0.4, -0.2) is 18.8 Å². The second-order valence-electron chi connectivity index (χ2n) is 5.19. The summed E-state index contributed by atoms with van der Waals surface area (Å²) < 4.78 is 16.2. The zero-order valence-corrected chi connectivity index (χ0v) is 11.2. The summed E-state index contributed by atoms with van der Waals surface area (Å²) in [4.78, 5) is 0. The molecule has 2 heterocycles. The molecule has 0 bridgehead atoms. The number of benzene rings is 1. The van der Waals surface area contributed by atoms with Crippen molar-refractivity contribution >= 4 is 21.4 Å². The zero-order valence-electron chi connectivity index (χ0n) is 10.4. The van der Waals surface area contributed by atoms with E-state index < -0.39 is 5.67 Å². The molecule has 1 aliphatic heterocycles. The summed E-state index contributed by atoms with van der Waals surface area (Å²) in [5.74, 6) is 0. The molecule has 1 nitrogen and oxygen atoms in total. The number of hydrogen-bond acceptors (Lipinski definition) is 2. The van der Waals surface area contributed by atoms with Crippen LogP contribution >= 0.6 is 11.3 Å². The predicted octanol–water partition coefficient (Wildman–Crippen LogP) is 3.93. The van der Waals surface area contributed by atoms with E-state index in [9.17, 15) is 4.39 Å². The topological polar surface area (TPSA) is 12.0 Å². The van der Waals surface area contributed by atoms with E-state index in [-0.39, 0.29) is 0 Å². The first-order valence-corrected chi connectivity index (χ1v) is 7.50. The van der Waals surface area contributed by atoms with Crippen LogP contribution in [0.5, 0.6) is 0 Å². The summed E-state index contributed by atoms with van der Waals surface area (Å²) in [5.41, 5.74) is 0.160. The Hall–Kier alpha value is -0.930. The van der Waals surface area contributed by atoms with Gasteiger partial charge < -0.3 is 5.32 Å². The lowest BCUT2D eigenvalue weighted by Gasteiger charge is -2.22. The van der Waals surface area contributed by atoms with Crippen molar-refractivity contribution in [1.82, 2.24) is 5.32 Å². The van der Waals surface area contributed by atoms with Crippen LogP contribution in [0.3, 0.4) is 0 Å². The molecule has 0 amide bonds. The first kappa shape index (κ1) is 12.1. The molecule has 96 valence electrons. The van der Waals surface area contributed by atoms with E-state index in [0.29, 0.717) is 19.3 Å². The molecule has 3 heteroatoms. The van der Waals surface area contributed by atoms with E-state index in [0.717, 1.165) is 19.5 Å². The monoisotopic (exact) mass is 263 g/mol. The summed E-state index contributed by atoms with van der Waals surface area (Å²) in [6, 6.07) is 8.31. The third-order valence-corrected chi connectivity index (χ3v) is 4.81. The highest BCUT2D eigenvalue weighted by Gasteiger charge is 2.31. The van der Waals surface area contributed by atoms with Crippen LogP contribution in [0.4, 0.5) is 4.39 Å². The minimum absolute atomic E-state index is 0.568. The van der Waals surface area contributed by atoms with Crippen LogP contribution in [0.2, 0.25) is 0 Å². The highest BCUT2D eigenvalue weighted by atomic mass is 32.1. The maximum Gasteiger partial charge on any atom is 0.116 e. The van der Waals surface area contributed by atoms with Crippen LogP contribution in [0.1, 0.15) is 24.8 Å². The minimum Gasteiger partial charge on any atom is -0.317 e. The normalized spacial score (nSPS) is 25.2. The van der Waals surface area contributed by atoms with Gasteiger partial charge in [-0.3, -0.25) is 0 Å². The maximum atomic E-state index is 14.9. The second-order valence-corrected chi connectivity index (χ2v) is 6.10. The van der Waals surface area contributed by atoms with E-state index in [1.54, 1.807) is 11.3 Å². The molecule has 0 radical (unpaired) electrons. The molecule has 1 fully saturated rings. The van der Waals surface area contributed by atoms with Gasteiger partial charge in [0.25, 0.3) is 0 Å². The molecule has 1 aromatic carbocycles.